The van der Waals surface area contributed by atoms with E-state index < -0.39 is 9.84 Å². The Bertz CT molecular complexity index is 941. The molecule has 0 saturated carbocycles. The molecule has 0 radical (unpaired) electrons. The van der Waals surface area contributed by atoms with Crippen LogP contribution < -0.4 is 5.32 Å². The monoisotopic (exact) mass is 379 g/mol. The van der Waals surface area contributed by atoms with E-state index in [1.54, 1.807) is 30.8 Å². The highest BCUT2D eigenvalue weighted by molar-refractivity contribution is 7.99. The number of carbonyl (C=O) groups excluding carboxylic acids is 1. The zero-order chi connectivity index (χ0) is 18.2. The SMILES string of the molecule is Cc1ccc(S(C)(=O)=O)cc1C(=O)NC1CCSc2ccc(F)cc21. The first-order valence-corrected chi connectivity index (χ1v) is 10.7. The maximum Gasteiger partial charge on any atom is 0.252 e. The number of hydrogen-bond acceptors (Lipinski definition) is 4. The fraction of sp³-hybridized carbons (Fsp3) is 0.278. The van der Waals surface area contributed by atoms with Gasteiger partial charge in [0.2, 0.25) is 0 Å². The van der Waals surface area contributed by atoms with E-state index in [-0.39, 0.29) is 22.7 Å². The third-order valence-electron chi connectivity index (χ3n) is 4.20. The second-order valence-corrected chi connectivity index (χ2v) is 9.25. The van der Waals surface area contributed by atoms with Crippen LogP contribution in [0.2, 0.25) is 0 Å². The summed E-state index contributed by atoms with van der Waals surface area (Å²) in [6, 6.07) is 8.80. The smallest absolute Gasteiger partial charge is 0.252 e. The normalized spacial score (nSPS) is 17.0. The molecule has 1 amide bonds. The molecule has 0 bridgehead atoms. The molecule has 1 unspecified atom stereocenters. The number of benzene rings is 2. The number of halogens is 1. The van der Waals surface area contributed by atoms with Crippen molar-refractivity contribution < 1.29 is 17.6 Å². The molecule has 25 heavy (non-hydrogen) atoms. The van der Waals surface area contributed by atoms with Crippen LogP contribution in [0.3, 0.4) is 0 Å². The minimum absolute atomic E-state index is 0.105. The van der Waals surface area contributed by atoms with Crippen LogP contribution in [0.5, 0.6) is 0 Å². The number of sulfone groups is 1. The third kappa shape index (κ3) is 3.88. The van der Waals surface area contributed by atoms with Gasteiger partial charge in [0.05, 0.1) is 10.9 Å². The van der Waals surface area contributed by atoms with Crippen LogP contribution >= 0.6 is 11.8 Å². The Morgan fingerprint density at radius 3 is 2.72 bits per heavy atom. The molecule has 7 heteroatoms. The molecule has 0 fully saturated rings. The molecule has 0 saturated heterocycles. The van der Waals surface area contributed by atoms with Crippen molar-refractivity contribution in [2.24, 2.45) is 0 Å². The van der Waals surface area contributed by atoms with E-state index in [2.05, 4.69) is 5.32 Å². The van der Waals surface area contributed by atoms with Crippen LogP contribution in [0.25, 0.3) is 0 Å². The molecule has 2 aromatic rings. The predicted molar refractivity (Wildman–Crippen MR) is 96.2 cm³/mol. The standard InChI is InChI=1S/C18H18FNO3S2/c1-11-3-5-13(25(2,22)23)10-14(11)18(21)20-16-7-8-24-17-6-4-12(19)9-15(16)17/h3-6,9-10,16H,7-8H2,1-2H3,(H,20,21). The maximum atomic E-state index is 13.6. The van der Waals surface area contributed by atoms with Gasteiger partial charge in [0.1, 0.15) is 5.82 Å². The molecular weight excluding hydrogens is 361 g/mol. The summed E-state index contributed by atoms with van der Waals surface area (Å²) in [6.07, 6.45) is 1.80. The Morgan fingerprint density at radius 2 is 2.00 bits per heavy atom. The molecule has 2 aromatic carbocycles. The van der Waals surface area contributed by atoms with E-state index in [4.69, 9.17) is 0 Å². The molecule has 1 N–H and O–H groups in total. The number of hydrogen-bond donors (Lipinski definition) is 1. The summed E-state index contributed by atoms with van der Waals surface area (Å²) in [6.45, 7) is 1.76. The number of fused-ring (bicyclic) bond motifs is 1. The fourth-order valence-corrected chi connectivity index (χ4v) is 4.58. The van der Waals surface area contributed by atoms with Gasteiger partial charge in [-0.15, -0.1) is 11.8 Å². The molecule has 0 aliphatic carbocycles. The lowest BCUT2D eigenvalue weighted by molar-refractivity contribution is 0.0934. The van der Waals surface area contributed by atoms with Crippen LogP contribution in [0.15, 0.2) is 46.2 Å². The Balaban J connectivity index is 1.91. The van der Waals surface area contributed by atoms with Crippen LogP contribution in [0.1, 0.15) is 33.9 Å². The van der Waals surface area contributed by atoms with Gasteiger partial charge in [-0.2, -0.15) is 0 Å². The largest absolute Gasteiger partial charge is 0.345 e. The lowest BCUT2D eigenvalue weighted by Crippen LogP contribution is -2.31. The Hall–Kier alpha value is -1.86. The summed E-state index contributed by atoms with van der Waals surface area (Å²) >= 11 is 1.64. The topological polar surface area (TPSA) is 63.2 Å². The first kappa shape index (κ1) is 17.9. The van der Waals surface area contributed by atoms with Crippen LogP contribution in [0, 0.1) is 12.7 Å². The van der Waals surface area contributed by atoms with Crippen molar-refractivity contribution in [3.05, 3.63) is 58.9 Å². The summed E-state index contributed by atoms with van der Waals surface area (Å²) in [5, 5.41) is 2.92. The maximum absolute atomic E-state index is 13.6. The molecular formula is C18H18FNO3S2. The van der Waals surface area contributed by atoms with Crippen LogP contribution in [-0.2, 0) is 9.84 Å². The molecule has 0 spiro atoms. The van der Waals surface area contributed by atoms with E-state index in [0.717, 1.165) is 22.5 Å². The van der Waals surface area contributed by atoms with Crippen molar-refractivity contribution in [3.8, 4) is 0 Å². The van der Waals surface area contributed by atoms with E-state index in [1.807, 2.05) is 0 Å². The van der Waals surface area contributed by atoms with Crippen molar-refractivity contribution >= 4 is 27.5 Å². The first-order chi connectivity index (χ1) is 11.8. The molecule has 3 rings (SSSR count). The highest BCUT2D eigenvalue weighted by Crippen LogP contribution is 2.36. The van der Waals surface area contributed by atoms with Gasteiger partial charge in [0.15, 0.2) is 9.84 Å². The lowest BCUT2D eigenvalue weighted by Gasteiger charge is -2.26. The van der Waals surface area contributed by atoms with Crippen LogP contribution in [0.4, 0.5) is 4.39 Å². The minimum atomic E-state index is -3.40. The van der Waals surface area contributed by atoms with Crippen molar-refractivity contribution in [2.45, 2.75) is 29.2 Å². The number of amides is 1. The van der Waals surface area contributed by atoms with Crippen molar-refractivity contribution in [3.63, 3.8) is 0 Å². The van der Waals surface area contributed by atoms with E-state index in [1.165, 1.54) is 24.3 Å². The summed E-state index contributed by atoms with van der Waals surface area (Å²) in [7, 11) is -3.40. The number of carbonyl (C=O) groups is 1. The van der Waals surface area contributed by atoms with Gasteiger partial charge >= 0.3 is 0 Å². The second kappa shape index (κ2) is 6.80. The fourth-order valence-electron chi connectivity index (χ4n) is 2.83. The molecule has 0 aromatic heterocycles. The molecule has 1 aliphatic rings. The van der Waals surface area contributed by atoms with Crippen molar-refractivity contribution in [1.29, 1.82) is 0 Å². The molecule has 1 aliphatic heterocycles. The molecule has 4 nitrogen and oxygen atoms in total. The van der Waals surface area contributed by atoms with Gasteiger partial charge < -0.3 is 5.32 Å². The number of nitrogens with one attached hydrogen (secondary N) is 1. The number of rotatable bonds is 3. The highest BCUT2D eigenvalue weighted by atomic mass is 32.2. The second-order valence-electron chi connectivity index (χ2n) is 6.09. The predicted octanol–water partition coefficient (Wildman–Crippen LogP) is 3.50. The molecule has 1 heterocycles. The van der Waals surface area contributed by atoms with Gasteiger partial charge in [-0.3, -0.25) is 4.79 Å². The van der Waals surface area contributed by atoms with Gasteiger partial charge in [0.25, 0.3) is 5.91 Å². The Labute approximate surface area is 150 Å². The van der Waals surface area contributed by atoms with Crippen molar-refractivity contribution in [1.82, 2.24) is 5.32 Å². The van der Waals surface area contributed by atoms with Crippen LogP contribution in [-0.4, -0.2) is 26.3 Å². The first-order valence-electron chi connectivity index (χ1n) is 7.79. The van der Waals surface area contributed by atoms with Gasteiger partial charge in [-0.1, -0.05) is 6.07 Å². The quantitative estimate of drug-likeness (QED) is 0.887. The summed E-state index contributed by atoms with van der Waals surface area (Å²) in [4.78, 5) is 13.8. The average Bonchev–Trinajstić information content (AvgIpc) is 2.54. The van der Waals surface area contributed by atoms with E-state index >= 15 is 0 Å². The summed E-state index contributed by atoms with van der Waals surface area (Å²) < 4.78 is 37.1. The third-order valence-corrected chi connectivity index (χ3v) is 6.43. The Morgan fingerprint density at radius 1 is 1.24 bits per heavy atom. The molecule has 132 valence electrons. The number of thioether (sulfide) groups is 1. The lowest BCUT2D eigenvalue weighted by atomic mass is 10.0. The van der Waals surface area contributed by atoms with E-state index in [9.17, 15) is 17.6 Å². The zero-order valence-corrected chi connectivity index (χ0v) is 15.5. The van der Waals surface area contributed by atoms with Gasteiger partial charge in [-0.25, -0.2) is 12.8 Å². The Kier molecular flexibility index (Phi) is 4.88. The van der Waals surface area contributed by atoms with Crippen molar-refractivity contribution in [2.75, 3.05) is 12.0 Å². The minimum Gasteiger partial charge on any atom is -0.345 e. The summed E-state index contributed by atoms with van der Waals surface area (Å²) in [5.41, 5.74) is 1.77. The zero-order valence-electron chi connectivity index (χ0n) is 13.9. The van der Waals surface area contributed by atoms with E-state index in [0.29, 0.717) is 17.5 Å². The highest BCUT2D eigenvalue weighted by Gasteiger charge is 2.24. The summed E-state index contributed by atoms with van der Waals surface area (Å²) in [5.74, 6) is 0.136. The number of aryl methyl sites for hydroxylation is 1. The molecule has 1 atom stereocenters. The van der Waals surface area contributed by atoms with Gasteiger partial charge in [-0.05, 0) is 54.8 Å². The van der Waals surface area contributed by atoms with Gasteiger partial charge in [0, 0.05) is 22.5 Å². The average molecular weight is 379 g/mol.